The minimum Gasteiger partial charge on any atom is -0.466 e. The molecule has 1 aromatic rings. The number of nitrogens with one attached hydrogen (secondary N) is 1. The molecule has 0 aliphatic carbocycles. The highest BCUT2D eigenvalue weighted by Gasteiger charge is 2.30. The van der Waals surface area contributed by atoms with Crippen molar-refractivity contribution < 1.29 is 14.3 Å². The predicted molar refractivity (Wildman–Crippen MR) is 70.1 cm³/mol. The molecule has 108 valence electrons. The van der Waals surface area contributed by atoms with Crippen molar-refractivity contribution in [3.63, 3.8) is 0 Å². The van der Waals surface area contributed by atoms with Crippen LogP contribution in [0.2, 0.25) is 0 Å². The lowest BCUT2D eigenvalue weighted by molar-refractivity contribution is -0.149. The molecule has 1 aromatic heterocycles. The first-order chi connectivity index (χ1) is 9.61. The summed E-state index contributed by atoms with van der Waals surface area (Å²) in [7, 11) is 0. The normalized spacial score (nSPS) is 18.6. The molecule has 1 saturated heterocycles. The van der Waals surface area contributed by atoms with Gasteiger partial charge in [-0.25, -0.2) is 4.98 Å². The van der Waals surface area contributed by atoms with Crippen LogP contribution in [-0.2, 0) is 9.53 Å². The van der Waals surface area contributed by atoms with Crippen LogP contribution in [0.3, 0.4) is 0 Å². The number of ether oxygens (including phenoxy) is 1. The zero-order valence-electron chi connectivity index (χ0n) is 11.3. The molecule has 1 aliphatic rings. The van der Waals surface area contributed by atoms with Gasteiger partial charge in [0, 0.05) is 19.3 Å². The Kier molecular flexibility index (Phi) is 4.49. The van der Waals surface area contributed by atoms with E-state index in [9.17, 15) is 14.4 Å². The van der Waals surface area contributed by atoms with E-state index < -0.39 is 0 Å². The summed E-state index contributed by atoms with van der Waals surface area (Å²) >= 11 is 0. The van der Waals surface area contributed by atoms with Crippen LogP contribution in [0, 0.1) is 5.92 Å². The van der Waals surface area contributed by atoms with Gasteiger partial charge in [0.1, 0.15) is 5.69 Å². The summed E-state index contributed by atoms with van der Waals surface area (Å²) in [5, 5.41) is 0. The van der Waals surface area contributed by atoms with Gasteiger partial charge in [0.15, 0.2) is 0 Å². The Bertz CT molecular complexity index is 534. The van der Waals surface area contributed by atoms with Crippen LogP contribution in [-0.4, -0.2) is 46.4 Å². The molecule has 0 aromatic carbocycles. The van der Waals surface area contributed by atoms with Crippen molar-refractivity contribution in [1.82, 2.24) is 14.9 Å². The molecule has 1 amide bonds. The molecule has 1 N–H and O–H groups in total. The van der Waals surface area contributed by atoms with E-state index in [-0.39, 0.29) is 29.0 Å². The summed E-state index contributed by atoms with van der Waals surface area (Å²) in [4.78, 5) is 42.7. The van der Waals surface area contributed by atoms with E-state index in [0.717, 1.165) is 19.0 Å². The number of carbonyl (C=O) groups is 2. The Balaban J connectivity index is 2.04. The maximum absolute atomic E-state index is 12.2. The number of amides is 1. The van der Waals surface area contributed by atoms with Crippen LogP contribution in [0.15, 0.2) is 17.2 Å². The summed E-state index contributed by atoms with van der Waals surface area (Å²) in [5.74, 6) is -0.829. The third kappa shape index (κ3) is 3.23. The highest BCUT2D eigenvalue weighted by atomic mass is 16.5. The highest BCUT2D eigenvalue weighted by Crippen LogP contribution is 2.19. The average Bonchev–Trinajstić information content (AvgIpc) is 2.48. The summed E-state index contributed by atoms with van der Waals surface area (Å²) in [5.41, 5.74) is -0.182. The lowest BCUT2D eigenvalue weighted by Crippen LogP contribution is -2.43. The predicted octanol–water partition coefficient (Wildman–Crippen LogP) is 0.185. The molecule has 2 heterocycles. The Labute approximate surface area is 116 Å². The topological polar surface area (TPSA) is 92.4 Å². The number of aromatic nitrogens is 2. The zero-order valence-corrected chi connectivity index (χ0v) is 11.3. The van der Waals surface area contributed by atoms with Crippen LogP contribution in [0.4, 0.5) is 0 Å². The largest absolute Gasteiger partial charge is 0.466 e. The van der Waals surface area contributed by atoms with Crippen LogP contribution in [0.1, 0.15) is 30.3 Å². The molecule has 0 spiro atoms. The van der Waals surface area contributed by atoms with E-state index in [2.05, 4.69) is 9.97 Å². The number of H-pyrrole nitrogens is 1. The molecule has 0 unspecified atom stereocenters. The molecule has 1 fully saturated rings. The Morgan fingerprint density at radius 1 is 1.55 bits per heavy atom. The van der Waals surface area contributed by atoms with Gasteiger partial charge in [0.25, 0.3) is 11.5 Å². The van der Waals surface area contributed by atoms with Crippen LogP contribution < -0.4 is 5.56 Å². The van der Waals surface area contributed by atoms with Crippen molar-refractivity contribution >= 4 is 11.9 Å². The van der Waals surface area contributed by atoms with Crippen molar-refractivity contribution in [3.8, 4) is 0 Å². The number of rotatable bonds is 3. The number of hydrogen-bond donors (Lipinski definition) is 1. The maximum Gasteiger partial charge on any atom is 0.310 e. The monoisotopic (exact) mass is 279 g/mol. The number of piperidine rings is 1. The fraction of sp³-hybridized carbons (Fsp3) is 0.538. The van der Waals surface area contributed by atoms with Gasteiger partial charge < -0.3 is 14.6 Å². The summed E-state index contributed by atoms with van der Waals surface area (Å²) < 4.78 is 4.99. The number of esters is 1. The van der Waals surface area contributed by atoms with E-state index in [4.69, 9.17) is 4.74 Å². The first-order valence-electron chi connectivity index (χ1n) is 6.62. The Morgan fingerprint density at radius 2 is 2.35 bits per heavy atom. The van der Waals surface area contributed by atoms with Crippen LogP contribution in [0.5, 0.6) is 0 Å². The van der Waals surface area contributed by atoms with E-state index in [1.807, 2.05) is 0 Å². The quantitative estimate of drug-likeness (QED) is 0.797. The van der Waals surface area contributed by atoms with Gasteiger partial charge in [0.05, 0.1) is 18.7 Å². The molecule has 7 heteroatoms. The minimum atomic E-state index is -0.357. The first kappa shape index (κ1) is 14.2. The van der Waals surface area contributed by atoms with Gasteiger partial charge >= 0.3 is 5.97 Å². The van der Waals surface area contributed by atoms with E-state index in [1.54, 1.807) is 11.8 Å². The number of hydrogen-bond acceptors (Lipinski definition) is 5. The third-order valence-electron chi connectivity index (χ3n) is 3.22. The molecular formula is C13H17N3O4. The number of aromatic amines is 1. The smallest absolute Gasteiger partial charge is 0.310 e. The highest BCUT2D eigenvalue weighted by molar-refractivity contribution is 5.92. The minimum absolute atomic E-state index is 0.175. The first-order valence-corrected chi connectivity index (χ1v) is 6.62. The van der Waals surface area contributed by atoms with Gasteiger partial charge in [-0.15, -0.1) is 0 Å². The molecule has 0 radical (unpaired) electrons. The summed E-state index contributed by atoms with van der Waals surface area (Å²) in [6.07, 6.45) is 3.83. The fourth-order valence-corrected chi connectivity index (χ4v) is 2.24. The molecule has 0 saturated carbocycles. The molecule has 7 nitrogen and oxygen atoms in total. The number of nitrogens with zero attached hydrogens (tertiary/aromatic N) is 2. The SMILES string of the molecule is CCOC(=O)[C@H]1CCCN(C(=O)c2c[nH]c(=O)cn2)C1. The van der Waals surface area contributed by atoms with Gasteiger partial charge in [-0.2, -0.15) is 0 Å². The second-order valence-electron chi connectivity index (χ2n) is 4.64. The molecular weight excluding hydrogens is 262 g/mol. The molecule has 1 atom stereocenters. The molecule has 2 rings (SSSR count). The second-order valence-corrected chi connectivity index (χ2v) is 4.64. The third-order valence-corrected chi connectivity index (χ3v) is 3.22. The summed E-state index contributed by atoms with van der Waals surface area (Å²) in [6.45, 7) is 3.01. The van der Waals surface area contributed by atoms with Crippen molar-refractivity contribution in [2.75, 3.05) is 19.7 Å². The number of carbonyl (C=O) groups excluding carboxylic acids is 2. The van der Waals surface area contributed by atoms with Crippen LogP contribution in [0.25, 0.3) is 0 Å². The van der Waals surface area contributed by atoms with Crippen molar-refractivity contribution in [2.24, 2.45) is 5.92 Å². The van der Waals surface area contributed by atoms with Gasteiger partial charge in [-0.05, 0) is 19.8 Å². The standard InChI is InChI=1S/C13H17N3O4/c1-2-20-13(19)9-4-3-5-16(8-9)12(18)10-6-15-11(17)7-14-10/h6-7,9H,2-5,8H2,1H3,(H,15,17)/t9-/m0/s1. The Hall–Kier alpha value is -2.18. The van der Waals surface area contributed by atoms with Crippen molar-refractivity contribution in [1.29, 1.82) is 0 Å². The maximum atomic E-state index is 12.2. The zero-order chi connectivity index (χ0) is 14.5. The lowest BCUT2D eigenvalue weighted by Gasteiger charge is -2.31. The molecule has 1 aliphatic heterocycles. The second kappa shape index (κ2) is 6.31. The van der Waals surface area contributed by atoms with Gasteiger partial charge in [-0.3, -0.25) is 14.4 Å². The Morgan fingerprint density at radius 3 is 3.00 bits per heavy atom. The van der Waals surface area contributed by atoms with E-state index >= 15 is 0 Å². The van der Waals surface area contributed by atoms with Crippen LogP contribution >= 0.6 is 0 Å². The van der Waals surface area contributed by atoms with Gasteiger partial charge in [-0.1, -0.05) is 0 Å². The van der Waals surface area contributed by atoms with Crippen molar-refractivity contribution in [2.45, 2.75) is 19.8 Å². The van der Waals surface area contributed by atoms with Gasteiger partial charge in [0.2, 0.25) is 0 Å². The number of likely N-dealkylation sites (tertiary alicyclic amines) is 1. The van der Waals surface area contributed by atoms with Crippen molar-refractivity contribution in [3.05, 3.63) is 28.4 Å². The van der Waals surface area contributed by atoms with E-state index in [1.165, 1.54) is 6.20 Å². The van der Waals surface area contributed by atoms with E-state index in [0.29, 0.717) is 19.7 Å². The summed E-state index contributed by atoms with van der Waals surface area (Å²) in [6, 6.07) is 0. The molecule has 0 bridgehead atoms. The average molecular weight is 279 g/mol. The lowest BCUT2D eigenvalue weighted by atomic mass is 9.98. The molecule has 20 heavy (non-hydrogen) atoms. The fourth-order valence-electron chi connectivity index (χ4n) is 2.24.